The first-order valence-electron chi connectivity index (χ1n) is 5.15. The summed E-state index contributed by atoms with van der Waals surface area (Å²) in [5.74, 6) is 0.627. The zero-order valence-corrected chi connectivity index (χ0v) is 9.83. The van der Waals surface area contributed by atoms with E-state index in [1.165, 1.54) is 6.20 Å². The smallest absolute Gasteiger partial charge is 0.180 e. The van der Waals surface area contributed by atoms with Crippen LogP contribution in [0.25, 0.3) is 17.0 Å². The highest BCUT2D eigenvalue weighted by Gasteiger charge is 2.10. The summed E-state index contributed by atoms with van der Waals surface area (Å²) in [6.07, 6.45) is 3.12. The molecule has 0 atom stereocenters. The predicted octanol–water partition coefficient (Wildman–Crippen LogP) is 2.32. The number of nitriles is 1. The minimum Gasteiger partial charge on any atom is -0.262 e. The van der Waals surface area contributed by atoms with Crippen LogP contribution in [-0.2, 0) is 0 Å². The predicted molar refractivity (Wildman–Crippen MR) is 65.9 cm³/mol. The third-order valence-electron chi connectivity index (χ3n) is 2.54. The maximum absolute atomic E-state index is 8.76. The fraction of sp³-hybridized carbons (Fsp3) is 0. The molecule has 2 heterocycles. The van der Waals surface area contributed by atoms with Gasteiger partial charge in [-0.25, -0.2) is 0 Å². The topological polar surface area (TPSA) is 66.9 Å². The Kier molecular flexibility index (Phi) is 2.43. The molecule has 6 heteroatoms. The zero-order valence-electron chi connectivity index (χ0n) is 9.08. The van der Waals surface area contributed by atoms with Crippen LogP contribution in [0.1, 0.15) is 5.56 Å². The lowest BCUT2D eigenvalue weighted by molar-refractivity contribution is 1.11. The first kappa shape index (κ1) is 10.7. The second kappa shape index (κ2) is 4.09. The quantitative estimate of drug-likeness (QED) is 0.669. The Hall–Kier alpha value is -2.45. The highest BCUT2D eigenvalue weighted by atomic mass is 35.5. The van der Waals surface area contributed by atoms with Gasteiger partial charge in [0, 0.05) is 5.56 Å². The van der Waals surface area contributed by atoms with Gasteiger partial charge in [0.15, 0.2) is 11.5 Å². The molecule has 0 radical (unpaired) electrons. The molecule has 86 valence electrons. The van der Waals surface area contributed by atoms with Crippen LogP contribution in [0, 0.1) is 11.3 Å². The monoisotopic (exact) mass is 255 g/mol. The van der Waals surface area contributed by atoms with Crippen LogP contribution < -0.4 is 0 Å². The van der Waals surface area contributed by atoms with Crippen molar-refractivity contribution in [1.29, 1.82) is 5.26 Å². The van der Waals surface area contributed by atoms with Crippen LogP contribution in [0.2, 0.25) is 5.15 Å². The summed E-state index contributed by atoms with van der Waals surface area (Å²) in [5, 5.41) is 17.3. The van der Waals surface area contributed by atoms with E-state index < -0.39 is 0 Å². The van der Waals surface area contributed by atoms with Crippen LogP contribution in [-0.4, -0.2) is 19.6 Å². The van der Waals surface area contributed by atoms with Gasteiger partial charge in [0.05, 0.1) is 24.0 Å². The Morgan fingerprint density at radius 2 is 1.89 bits per heavy atom. The largest absolute Gasteiger partial charge is 0.262 e. The number of aromatic nitrogens is 4. The van der Waals surface area contributed by atoms with Crippen molar-refractivity contribution >= 4 is 17.2 Å². The molecule has 0 saturated heterocycles. The van der Waals surface area contributed by atoms with Gasteiger partial charge >= 0.3 is 0 Å². The Morgan fingerprint density at radius 1 is 1.11 bits per heavy atom. The number of halogens is 1. The van der Waals surface area contributed by atoms with Gasteiger partial charge in [0.1, 0.15) is 5.15 Å². The van der Waals surface area contributed by atoms with Crippen LogP contribution >= 0.6 is 11.6 Å². The molecule has 0 bridgehead atoms. The van der Waals surface area contributed by atoms with E-state index in [1.54, 1.807) is 22.7 Å². The molecule has 0 aliphatic carbocycles. The molecule has 2 aromatic heterocycles. The minimum absolute atomic E-state index is 0.442. The molecule has 0 saturated carbocycles. The van der Waals surface area contributed by atoms with Gasteiger partial charge in [0.25, 0.3) is 0 Å². The lowest BCUT2D eigenvalue weighted by Crippen LogP contribution is -1.92. The third-order valence-corrected chi connectivity index (χ3v) is 2.81. The van der Waals surface area contributed by atoms with Crippen LogP contribution in [0.3, 0.4) is 0 Å². The maximum Gasteiger partial charge on any atom is 0.180 e. The molecule has 0 amide bonds. The van der Waals surface area contributed by atoms with E-state index in [9.17, 15) is 0 Å². The van der Waals surface area contributed by atoms with Crippen molar-refractivity contribution in [2.75, 3.05) is 0 Å². The molecule has 5 nitrogen and oxygen atoms in total. The average molecular weight is 256 g/mol. The lowest BCUT2D eigenvalue weighted by atomic mass is 10.1. The van der Waals surface area contributed by atoms with E-state index >= 15 is 0 Å². The lowest BCUT2D eigenvalue weighted by Gasteiger charge is -2.01. The van der Waals surface area contributed by atoms with Gasteiger partial charge in [-0.2, -0.15) is 5.26 Å². The van der Waals surface area contributed by atoms with Crippen molar-refractivity contribution in [1.82, 2.24) is 19.6 Å². The van der Waals surface area contributed by atoms with Gasteiger partial charge < -0.3 is 0 Å². The normalized spacial score (nSPS) is 10.4. The van der Waals surface area contributed by atoms with Gasteiger partial charge in [0.2, 0.25) is 0 Å². The number of benzene rings is 1. The molecule has 18 heavy (non-hydrogen) atoms. The number of rotatable bonds is 1. The van der Waals surface area contributed by atoms with Crippen LogP contribution in [0.5, 0.6) is 0 Å². The van der Waals surface area contributed by atoms with E-state index in [4.69, 9.17) is 16.9 Å². The van der Waals surface area contributed by atoms with Crippen molar-refractivity contribution in [3.63, 3.8) is 0 Å². The number of hydrogen-bond acceptors (Lipinski definition) is 4. The molecule has 0 N–H and O–H groups in total. The molecular weight excluding hydrogens is 250 g/mol. The van der Waals surface area contributed by atoms with Crippen molar-refractivity contribution in [3.05, 3.63) is 47.4 Å². The Bertz CT molecular complexity index is 754. The van der Waals surface area contributed by atoms with Crippen LogP contribution in [0.15, 0.2) is 36.7 Å². The highest BCUT2D eigenvalue weighted by molar-refractivity contribution is 6.29. The summed E-state index contributed by atoms with van der Waals surface area (Å²) >= 11 is 6.08. The number of fused-ring (bicyclic) bond motifs is 1. The SMILES string of the molecule is N#Cc1ccc(-c2nnc3cncc(Cl)n23)cc1. The van der Waals surface area contributed by atoms with Crippen molar-refractivity contribution < 1.29 is 0 Å². The summed E-state index contributed by atoms with van der Waals surface area (Å²) in [4.78, 5) is 3.95. The van der Waals surface area contributed by atoms with Gasteiger partial charge in [-0.3, -0.25) is 9.38 Å². The second-order valence-electron chi connectivity index (χ2n) is 3.64. The standard InChI is InChI=1S/C12H6ClN5/c13-10-6-15-7-11-16-17-12(18(10)11)9-3-1-8(5-14)2-4-9/h1-4,6-7H. The highest BCUT2D eigenvalue weighted by Crippen LogP contribution is 2.21. The Morgan fingerprint density at radius 3 is 2.61 bits per heavy atom. The third kappa shape index (κ3) is 1.60. The first-order valence-corrected chi connectivity index (χ1v) is 5.52. The molecule has 3 aromatic rings. The summed E-state index contributed by atoms with van der Waals surface area (Å²) in [5.41, 5.74) is 2.02. The van der Waals surface area contributed by atoms with Gasteiger partial charge in [-0.1, -0.05) is 11.6 Å². The second-order valence-corrected chi connectivity index (χ2v) is 4.02. The van der Waals surface area contributed by atoms with E-state index in [0.29, 0.717) is 22.2 Å². The summed E-state index contributed by atoms with van der Waals surface area (Å²) in [6.45, 7) is 0. The fourth-order valence-electron chi connectivity index (χ4n) is 1.69. The molecule has 0 aliphatic heterocycles. The number of nitrogens with zero attached hydrogens (tertiary/aromatic N) is 5. The summed E-state index contributed by atoms with van der Waals surface area (Å²) in [6, 6.07) is 9.15. The Labute approximate surface area is 107 Å². The van der Waals surface area contributed by atoms with Gasteiger partial charge in [-0.05, 0) is 24.3 Å². The van der Waals surface area contributed by atoms with Crippen molar-refractivity contribution in [2.45, 2.75) is 0 Å². The van der Waals surface area contributed by atoms with E-state index in [-0.39, 0.29) is 0 Å². The fourth-order valence-corrected chi connectivity index (χ4v) is 1.92. The molecule has 0 aliphatic rings. The number of hydrogen-bond donors (Lipinski definition) is 0. The molecule has 0 spiro atoms. The van der Waals surface area contributed by atoms with E-state index in [1.807, 2.05) is 12.1 Å². The summed E-state index contributed by atoms with van der Waals surface area (Å²) < 4.78 is 1.70. The average Bonchev–Trinajstić information content (AvgIpc) is 2.84. The molecule has 1 aromatic carbocycles. The van der Waals surface area contributed by atoms with E-state index in [0.717, 1.165) is 5.56 Å². The van der Waals surface area contributed by atoms with Crippen LogP contribution in [0.4, 0.5) is 0 Å². The molecule has 0 unspecified atom stereocenters. The van der Waals surface area contributed by atoms with Crippen molar-refractivity contribution in [3.8, 4) is 17.5 Å². The molecule has 3 rings (SSSR count). The first-order chi connectivity index (χ1) is 8.79. The minimum atomic E-state index is 0.442. The van der Waals surface area contributed by atoms with Crippen molar-refractivity contribution in [2.24, 2.45) is 0 Å². The molecular formula is C12H6ClN5. The van der Waals surface area contributed by atoms with Gasteiger partial charge in [-0.15, -0.1) is 10.2 Å². The van der Waals surface area contributed by atoms with E-state index in [2.05, 4.69) is 21.3 Å². The summed E-state index contributed by atoms with van der Waals surface area (Å²) in [7, 11) is 0. The molecule has 0 fully saturated rings. The Balaban J connectivity index is 2.22. The zero-order chi connectivity index (χ0) is 12.5. The maximum atomic E-state index is 8.76.